The van der Waals surface area contributed by atoms with Crippen LogP contribution in [0, 0.1) is 13.8 Å². The summed E-state index contributed by atoms with van der Waals surface area (Å²) in [6.45, 7) is 3.77. The van der Waals surface area contributed by atoms with Gasteiger partial charge in [-0.3, -0.25) is 14.5 Å². The normalized spacial score (nSPS) is 17.8. The molecule has 156 valence electrons. The summed E-state index contributed by atoms with van der Waals surface area (Å²) in [6, 6.07) is 21.3. The van der Waals surface area contributed by atoms with Gasteiger partial charge >= 0.3 is 0 Å². The van der Waals surface area contributed by atoms with Crippen LogP contribution in [0.3, 0.4) is 0 Å². The number of anilines is 1. The predicted octanol–water partition coefficient (Wildman–Crippen LogP) is 4.94. The zero-order valence-corrected chi connectivity index (χ0v) is 17.6. The van der Waals surface area contributed by atoms with E-state index in [1.165, 1.54) is 12.0 Å². The molecular formula is C26H23NO4. The molecule has 0 spiro atoms. The molecule has 5 heteroatoms. The van der Waals surface area contributed by atoms with Crippen molar-refractivity contribution in [3.63, 3.8) is 0 Å². The van der Waals surface area contributed by atoms with Crippen LogP contribution in [-0.2, 0) is 9.59 Å². The SMILES string of the molecule is COc1ccc(C)cc1/C(O)=C1\C(=O)C(=O)N(c2ccccc2C)C1c1ccccc1. The zero-order valence-electron chi connectivity index (χ0n) is 17.6. The number of nitrogens with zero attached hydrogens (tertiary/aromatic N) is 1. The predicted molar refractivity (Wildman–Crippen MR) is 120 cm³/mol. The third-order valence-corrected chi connectivity index (χ3v) is 5.54. The van der Waals surface area contributed by atoms with Gasteiger partial charge in [0.25, 0.3) is 11.7 Å². The second kappa shape index (κ2) is 8.11. The minimum atomic E-state index is -0.757. The molecule has 1 aliphatic heterocycles. The largest absolute Gasteiger partial charge is 0.507 e. The molecule has 1 fully saturated rings. The van der Waals surface area contributed by atoms with Crippen molar-refractivity contribution in [2.75, 3.05) is 12.0 Å². The Morgan fingerprint density at radius 3 is 2.29 bits per heavy atom. The summed E-state index contributed by atoms with van der Waals surface area (Å²) >= 11 is 0. The summed E-state index contributed by atoms with van der Waals surface area (Å²) in [5, 5.41) is 11.3. The van der Waals surface area contributed by atoms with Crippen LogP contribution >= 0.6 is 0 Å². The van der Waals surface area contributed by atoms with E-state index >= 15 is 0 Å². The number of methoxy groups -OCH3 is 1. The van der Waals surface area contributed by atoms with E-state index in [0.29, 0.717) is 17.0 Å². The Morgan fingerprint density at radius 1 is 0.935 bits per heavy atom. The van der Waals surface area contributed by atoms with Gasteiger partial charge in [-0.2, -0.15) is 0 Å². The molecular weight excluding hydrogens is 390 g/mol. The van der Waals surface area contributed by atoms with Gasteiger partial charge in [0.2, 0.25) is 0 Å². The summed E-state index contributed by atoms with van der Waals surface area (Å²) < 4.78 is 5.41. The van der Waals surface area contributed by atoms with Crippen molar-refractivity contribution in [3.05, 3.63) is 101 Å². The molecule has 0 radical (unpaired) electrons. The summed E-state index contributed by atoms with van der Waals surface area (Å²) in [5.41, 5.74) is 3.55. The maximum absolute atomic E-state index is 13.2. The molecule has 1 amide bonds. The molecule has 1 atom stereocenters. The van der Waals surface area contributed by atoms with Crippen molar-refractivity contribution < 1.29 is 19.4 Å². The quantitative estimate of drug-likeness (QED) is 0.374. The number of aryl methyl sites for hydroxylation is 2. The molecule has 0 aliphatic carbocycles. The number of aliphatic hydroxyl groups is 1. The topological polar surface area (TPSA) is 66.8 Å². The minimum Gasteiger partial charge on any atom is -0.507 e. The van der Waals surface area contributed by atoms with E-state index in [4.69, 9.17) is 4.74 Å². The maximum Gasteiger partial charge on any atom is 0.300 e. The summed E-state index contributed by atoms with van der Waals surface area (Å²) in [4.78, 5) is 27.9. The fourth-order valence-corrected chi connectivity index (χ4v) is 4.02. The number of carbonyl (C=O) groups excluding carboxylic acids is 2. The second-order valence-corrected chi connectivity index (χ2v) is 7.57. The van der Waals surface area contributed by atoms with Crippen LogP contribution in [-0.4, -0.2) is 23.9 Å². The lowest BCUT2D eigenvalue weighted by molar-refractivity contribution is -0.132. The number of para-hydroxylation sites is 1. The van der Waals surface area contributed by atoms with Crippen LogP contribution < -0.4 is 9.64 Å². The highest BCUT2D eigenvalue weighted by atomic mass is 16.5. The average molecular weight is 413 g/mol. The first-order valence-electron chi connectivity index (χ1n) is 10.0. The van der Waals surface area contributed by atoms with Gasteiger partial charge in [0.15, 0.2) is 0 Å². The molecule has 4 rings (SSSR count). The van der Waals surface area contributed by atoms with Gasteiger partial charge < -0.3 is 9.84 Å². The fraction of sp³-hybridized carbons (Fsp3) is 0.154. The number of Topliss-reactive ketones (excluding diaryl/α,β-unsaturated/α-hetero) is 1. The lowest BCUT2D eigenvalue weighted by Gasteiger charge is -2.26. The first kappa shape index (κ1) is 20.4. The van der Waals surface area contributed by atoms with E-state index in [1.54, 1.807) is 12.1 Å². The Balaban J connectivity index is 2.00. The Hall–Kier alpha value is -3.86. The molecule has 3 aromatic rings. The molecule has 0 aromatic heterocycles. The van der Waals surface area contributed by atoms with Crippen molar-refractivity contribution in [2.24, 2.45) is 0 Å². The zero-order chi connectivity index (χ0) is 22.1. The average Bonchev–Trinajstić information content (AvgIpc) is 3.05. The highest BCUT2D eigenvalue weighted by Crippen LogP contribution is 2.44. The number of carbonyl (C=O) groups is 2. The van der Waals surface area contributed by atoms with Crippen LogP contribution in [0.25, 0.3) is 5.76 Å². The summed E-state index contributed by atoms with van der Waals surface area (Å²) in [6.07, 6.45) is 0. The Morgan fingerprint density at radius 2 is 1.61 bits per heavy atom. The van der Waals surface area contributed by atoms with Crippen molar-refractivity contribution in [1.29, 1.82) is 0 Å². The number of benzene rings is 3. The molecule has 0 bridgehead atoms. The molecule has 0 saturated carbocycles. The van der Waals surface area contributed by atoms with Gasteiger partial charge in [-0.1, -0.05) is 60.2 Å². The third kappa shape index (κ3) is 3.48. The Labute approximate surface area is 181 Å². The van der Waals surface area contributed by atoms with E-state index in [-0.39, 0.29) is 11.3 Å². The smallest absolute Gasteiger partial charge is 0.300 e. The molecule has 1 N–H and O–H groups in total. The van der Waals surface area contributed by atoms with Crippen molar-refractivity contribution >= 4 is 23.1 Å². The lowest BCUT2D eigenvalue weighted by Crippen LogP contribution is -2.30. The fourth-order valence-electron chi connectivity index (χ4n) is 4.02. The summed E-state index contributed by atoms with van der Waals surface area (Å²) in [5.74, 6) is -1.21. The molecule has 5 nitrogen and oxygen atoms in total. The van der Waals surface area contributed by atoms with Crippen molar-refractivity contribution in [2.45, 2.75) is 19.9 Å². The summed E-state index contributed by atoms with van der Waals surface area (Å²) in [7, 11) is 1.50. The highest BCUT2D eigenvalue weighted by molar-refractivity contribution is 6.51. The van der Waals surface area contributed by atoms with Crippen LogP contribution in [0.1, 0.15) is 28.3 Å². The van der Waals surface area contributed by atoms with Crippen LogP contribution in [0.5, 0.6) is 5.75 Å². The molecule has 1 heterocycles. The standard InChI is InChI=1S/C26H23NO4/c1-16-13-14-21(31-3)19(15-16)24(28)22-23(18-10-5-4-6-11-18)27(26(30)25(22)29)20-12-8-7-9-17(20)2/h4-15,23,28H,1-3H3/b24-22+. The Bertz CT molecular complexity index is 1200. The molecule has 31 heavy (non-hydrogen) atoms. The first-order chi connectivity index (χ1) is 14.9. The Kier molecular flexibility index (Phi) is 5.34. The van der Waals surface area contributed by atoms with Gasteiger partial charge in [-0.05, 0) is 43.2 Å². The molecule has 1 saturated heterocycles. The van der Waals surface area contributed by atoms with E-state index in [1.807, 2.05) is 74.5 Å². The van der Waals surface area contributed by atoms with Gasteiger partial charge in [-0.25, -0.2) is 0 Å². The minimum absolute atomic E-state index is 0.0448. The molecule has 1 unspecified atom stereocenters. The van der Waals surface area contributed by atoms with Gasteiger partial charge in [-0.15, -0.1) is 0 Å². The van der Waals surface area contributed by atoms with Crippen LogP contribution in [0.4, 0.5) is 5.69 Å². The third-order valence-electron chi connectivity index (χ3n) is 5.54. The number of aliphatic hydroxyl groups excluding tert-OH is 1. The molecule has 1 aliphatic rings. The van der Waals surface area contributed by atoms with Gasteiger partial charge in [0.05, 0.1) is 24.3 Å². The van der Waals surface area contributed by atoms with E-state index in [9.17, 15) is 14.7 Å². The molecule has 3 aromatic carbocycles. The maximum atomic E-state index is 13.2. The van der Waals surface area contributed by atoms with E-state index in [0.717, 1.165) is 16.7 Å². The monoisotopic (exact) mass is 413 g/mol. The van der Waals surface area contributed by atoms with Crippen molar-refractivity contribution in [1.82, 2.24) is 0 Å². The number of rotatable bonds is 4. The highest BCUT2D eigenvalue weighted by Gasteiger charge is 2.47. The van der Waals surface area contributed by atoms with Gasteiger partial charge in [0.1, 0.15) is 11.5 Å². The van der Waals surface area contributed by atoms with E-state index in [2.05, 4.69) is 0 Å². The number of hydrogen-bond acceptors (Lipinski definition) is 4. The van der Waals surface area contributed by atoms with Crippen LogP contribution in [0.15, 0.2) is 78.4 Å². The first-order valence-corrected chi connectivity index (χ1v) is 10.0. The van der Waals surface area contributed by atoms with Crippen molar-refractivity contribution in [3.8, 4) is 5.75 Å². The number of ether oxygens (including phenoxy) is 1. The number of amides is 1. The lowest BCUT2D eigenvalue weighted by atomic mass is 9.94. The second-order valence-electron chi connectivity index (χ2n) is 7.57. The van der Waals surface area contributed by atoms with Crippen LogP contribution in [0.2, 0.25) is 0 Å². The number of ketones is 1. The van der Waals surface area contributed by atoms with Gasteiger partial charge in [0, 0.05) is 5.69 Å². The van der Waals surface area contributed by atoms with E-state index < -0.39 is 17.7 Å². The number of hydrogen-bond donors (Lipinski definition) is 1.